The molecule has 3 aromatic carbocycles. The van der Waals surface area contributed by atoms with Gasteiger partial charge in [0.05, 0.1) is 12.3 Å². The molecular formula is C27H21BrClFN2O4. The van der Waals surface area contributed by atoms with Gasteiger partial charge in [-0.3, -0.25) is 14.9 Å². The van der Waals surface area contributed by atoms with Crippen molar-refractivity contribution in [3.05, 3.63) is 97.7 Å². The van der Waals surface area contributed by atoms with Crippen LogP contribution >= 0.6 is 27.5 Å². The van der Waals surface area contributed by atoms with E-state index in [2.05, 4.69) is 21.2 Å². The second-order valence-corrected chi connectivity index (χ2v) is 9.36. The number of hydrogen-bond acceptors (Lipinski definition) is 4. The highest BCUT2D eigenvalue weighted by Crippen LogP contribution is 2.34. The zero-order chi connectivity index (χ0) is 26.0. The fourth-order valence-electron chi connectivity index (χ4n) is 3.87. The third-order valence-electron chi connectivity index (χ3n) is 5.63. The molecule has 0 spiro atoms. The molecule has 3 aromatic rings. The quantitative estimate of drug-likeness (QED) is 0.282. The fraction of sp³-hybridized carbons (Fsp3) is 0.148. The molecule has 4 rings (SSSR count). The minimum Gasteiger partial charge on any atom is -0.494 e. The van der Waals surface area contributed by atoms with E-state index in [1.165, 1.54) is 18.2 Å². The molecule has 184 valence electrons. The number of hydrogen-bond donors (Lipinski definition) is 1. The van der Waals surface area contributed by atoms with Crippen molar-refractivity contribution in [3.63, 3.8) is 0 Å². The maximum atomic E-state index is 14.3. The summed E-state index contributed by atoms with van der Waals surface area (Å²) in [6.07, 6.45) is 1.66. The van der Waals surface area contributed by atoms with E-state index in [1.54, 1.807) is 49.4 Å². The van der Waals surface area contributed by atoms with Crippen molar-refractivity contribution in [2.45, 2.75) is 20.3 Å². The molecule has 36 heavy (non-hydrogen) atoms. The zero-order valence-corrected chi connectivity index (χ0v) is 21.7. The van der Waals surface area contributed by atoms with Gasteiger partial charge in [-0.2, -0.15) is 0 Å². The molecule has 4 amide bonds. The zero-order valence-electron chi connectivity index (χ0n) is 19.4. The summed E-state index contributed by atoms with van der Waals surface area (Å²) in [6, 6.07) is 13.8. The first-order valence-corrected chi connectivity index (χ1v) is 12.2. The Balaban J connectivity index is 1.75. The summed E-state index contributed by atoms with van der Waals surface area (Å²) in [5, 5.41) is 2.55. The highest BCUT2D eigenvalue weighted by molar-refractivity contribution is 9.10. The summed E-state index contributed by atoms with van der Waals surface area (Å²) in [5.41, 5.74) is 2.38. The van der Waals surface area contributed by atoms with Gasteiger partial charge < -0.3 is 4.74 Å². The molecule has 1 fully saturated rings. The molecule has 0 saturated carbocycles. The topological polar surface area (TPSA) is 75.7 Å². The number of benzene rings is 3. The van der Waals surface area contributed by atoms with Crippen molar-refractivity contribution in [2.75, 3.05) is 11.5 Å². The Labute approximate surface area is 220 Å². The molecule has 0 aliphatic carbocycles. The van der Waals surface area contributed by atoms with Gasteiger partial charge in [0, 0.05) is 21.5 Å². The van der Waals surface area contributed by atoms with Crippen molar-refractivity contribution in [1.82, 2.24) is 5.32 Å². The number of barbiturate groups is 1. The number of aryl methyl sites for hydroxylation is 1. The number of ether oxygens (including phenoxy) is 1. The van der Waals surface area contributed by atoms with Crippen LogP contribution in [0, 0.1) is 12.7 Å². The van der Waals surface area contributed by atoms with E-state index in [-0.39, 0.29) is 23.5 Å². The van der Waals surface area contributed by atoms with E-state index in [1.807, 2.05) is 6.92 Å². The number of anilines is 1. The van der Waals surface area contributed by atoms with E-state index in [4.69, 9.17) is 16.3 Å². The van der Waals surface area contributed by atoms with Gasteiger partial charge in [-0.1, -0.05) is 51.8 Å². The lowest BCUT2D eigenvalue weighted by atomic mass is 10.00. The van der Waals surface area contributed by atoms with Gasteiger partial charge in [0.2, 0.25) is 0 Å². The molecule has 9 heteroatoms. The fourth-order valence-corrected chi connectivity index (χ4v) is 4.64. The van der Waals surface area contributed by atoms with E-state index in [9.17, 15) is 18.8 Å². The maximum absolute atomic E-state index is 14.3. The summed E-state index contributed by atoms with van der Waals surface area (Å²) >= 11 is 9.60. The van der Waals surface area contributed by atoms with Crippen LogP contribution in [-0.4, -0.2) is 24.5 Å². The molecule has 1 saturated heterocycles. The van der Waals surface area contributed by atoms with Crippen LogP contribution in [0.1, 0.15) is 29.2 Å². The van der Waals surface area contributed by atoms with Crippen LogP contribution in [0.5, 0.6) is 5.75 Å². The van der Waals surface area contributed by atoms with Crippen molar-refractivity contribution in [2.24, 2.45) is 0 Å². The number of imide groups is 2. The highest BCUT2D eigenvalue weighted by atomic mass is 79.9. The first-order chi connectivity index (χ1) is 17.2. The number of halogens is 3. The van der Waals surface area contributed by atoms with Crippen LogP contribution in [0.2, 0.25) is 5.02 Å². The summed E-state index contributed by atoms with van der Waals surface area (Å²) in [6.45, 7) is 3.90. The molecule has 0 atom stereocenters. The van der Waals surface area contributed by atoms with Crippen LogP contribution in [0.4, 0.5) is 14.9 Å². The number of carbonyl (C=O) groups excluding carboxylic acids is 3. The number of amides is 4. The number of rotatable bonds is 6. The Morgan fingerprint density at radius 2 is 1.86 bits per heavy atom. The lowest BCUT2D eigenvalue weighted by Gasteiger charge is -2.27. The Hall–Kier alpha value is -3.49. The van der Waals surface area contributed by atoms with Gasteiger partial charge in [-0.15, -0.1) is 0 Å². The van der Waals surface area contributed by atoms with Gasteiger partial charge in [-0.25, -0.2) is 14.1 Å². The molecule has 0 unspecified atom stereocenters. The SMILES string of the molecule is CCOc1cc(/C=C2\C(=O)NC(=O)N(c3cc(Cl)ccc3C)C2=O)cc(Br)c1Cc1ccccc1F. The largest absolute Gasteiger partial charge is 0.494 e. The van der Waals surface area contributed by atoms with Crippen LogP contribution in [0.3, 0.4) is 0 Å². The van der Waals surface area contributed by atoms with Gasteiger partial charge in [0.1, 0.15) is 17.1 Å². The average Bonchev–Trinajstić information content (AvgIpc) is 2.82. The molecular weight excluding hydrogens is 551 g/mol. The molecule has 1 heterocycles. The average molecular weight is 572 g/mol. The summed E-state index contributed by atoms with van der Waals surface area (Å²) in [5.74, 6) is -1.45. The van der Waals surface area contributed by atoms with Crippen molar-refractivity contribution >= 4 is 57.1 Å². The standard InChI is InChI=1S/C27H21BrClFN2O4/c1-3-36-24-12-16(11-21(28)19(24)13-17-6-4-5-7-22(17)30)10-20-25(33)31-27(35)32(26(20)34)23-14-18(29)9-8-15(23)2/h4-12,14H,3,13H2,1-2H3,(H,31,33,35)/b20-10+. The third-order valence-corrected chi connectivity index (χ3v) is 6.57. The summed E-state index contributed by atoms with van der Waals surface area (Å²) in [4.78, 5) is 39.4. The first kappa shape index (κ1) is 25.6. The molecule has 1 aliphatic rings. The van der Waals surface area contributed by atoms with E-state index in [0.29, 0.717) is 38.5 Å². The van der Waals surface area contributed by atoms with E-state index < -0.39 is 17.8 Å². The lowest BCUT2D eigenvalue weighted by Crippen LogP contribution is -2.54. The Morgan fingerprint density at radius 3 is 2.58 bits per heavy atom. The van der Waals surface area contributed by atoms with Crippen molar-refractivity contribution < 1.29 is 23.5 Å². The third kappa shape index (κ3) is 5.20. The van der Waals surface area contributed by atoms with E-state index >= 15 is 0 Å². The predicted octanol–water partition coefficient (Wildman–Crippen LogP) is 6.21. The Bertz CT molecular complexity index is 1420. The Morgan fingerprint density at radius 1 is 1.11 bits per heavy atom. The predicted molar refractivity (Wildman–Crippen MR) is 140 cm³/mol. The Kier molecular flexibility index (Phi) is 7.56. The van der Waals surface area contributed by atoms with Crippen LogP contribution < -0.4 is 15.0 Å². The normalized spacial score (nSPS) is 14.9. The number of urea groups is 1. The lowest BCUT2D eigenvalue weighted by molar-refractivity contribution is -0.122. The van der Waals surface area contributed by atoms with Crippen LogP contribution in [0.25, 0.3) is 6.08 Å². The van der Waals surface area contributed by atoms with E-state index in [0.717, 1.165) is 10.5 Å². The highest BCUT2D eigenvalue weighted by Gasteiger charge is 2.37. The smallest absolute Gasteiger partial charge is 0.335 e. The first-order valence-electron chi connectivity index (χ1n) is 11.1. The summed E-state index contributed by atoms with van der Waals surface area (Å²) < 4.78 is 20.7. The van der Waals surface area contributed by atoms with Crippen LogP contribution in [0.15, 0.2) is 64.6 Å². The monoisotopic (exact) mass is 570 g/mol. The second-order valence-electron chi connectivity index (χ2n) is 8.07. The van der Waals surface area contributed by atoms with Gasteiger partial charge >= 0.3 is 6.03 Å². The van der Waals surface area contributed by atoms with Gasteiger partial charge in [0.25, 0.3) is 11.8 Å². The van der Waals surface area contributed by atoms with Gasteiger partial charge in [0.15, 0.2) is 0 Å². The van der Waals surface area contributed by atoms with Gasteiger partial charge in [-0.05, 0) is 66.9 Å². The molecule has 1 aliphatic heterocycles. The second kappa shape index (κ2) is 10.6. The number of nitrogens with zero attached hydrogens (tertiary/aromatic N) is 1. The number of nitrogens with one attached hydrogen (secondary N) is 1. The minimum absolute atomic E-state index is 0.231. The minimum atomic E-state index is -0.857. The molecule has 6 nitrogen and oxygen atoms in total. The maximum Gasteiger partial charge on any atom is 0.335 e. The molecule has 0 aromatic heterocycles. The molecule has 0 radical (unpaired) electrons. The molecule has 1 N–H and O–H groups in total. The number of carbonyl (C=O) groups is 3. The summed E-state index contributed by atoms with van der Waals surface area (Å²) in [7, 11) is 0. The van der Waals surface area contributed by atoms with Crippen molar-refractivity contribution in [3.8, 4) is 5.75 Å². The van der Waals surface area contributed by atoms with Crippen molar-refractivity contribution in [1.29, 1.82) is 0 Å². The van der Waals surface area contributed by atoms with Crippen LogP contribution in [-0.2, 0) is 16.0 Å². The molecule has 0 bridgehead atoms.